The standard InChI is InChI=1S/C19H36N4O4/c1-16(24)20-11-7-3-5-9-13-22-18(26)15-19(27)23-14-10-6-4-8-12-21-17(2)25/h3-15H2,1-2H3,(H,20,24)(H,21,25)(H,22,26)(H,23,27). The second kappa shape index (κ2) is 17.3. The molecule has 0 spiro atoms. The molecule has 0 saturated carbocycles. The van der Waals surface area contributed by atoms with E-state index in [0.29, 0.717) is 26.2 Å². The van der Waals surface area contributed by atoms with Gasteiger partial charge >= 0.3 is 0 Å². The summed E-state index contributed by atoms with van der Waals surface area (Å²) in [5.74, 6) is -0.521. The Kier molecular flexibility index (Phi) is 15.9. The molecule has 0 bridgehead atoms. The molecule has 0 radical (unpaired) electrons. The number of rotatable bonds is 16. The van der Waals surface area contributed by atoms with Crippen molar-refractivity contribution in [2.75, 3.05) is 26.2 Å². The van der Waals surface area contributed by atoms with Gasteiger partial charge in [-0.1, -0.05) is 25.7 Å². The zero-order valence-electron chi connectivity index (χ0n) is 16.8. The molecular formula is C19H36N4O4. The molecule has 0 atom stereocenters. The lowest BCUT2D eigenvalue weighted by Gasteiger charge is -2.07. The van der Waals surface area contributed by atoms with Crippen LogP contribution in [0.3, 0.4) is 0 Å². The van der Waals surface area contributed by atoms with Crippen molar-refractivity contribution in [1.82, 2.24) is 21.3 Å². The summed E-state index contributed by atoms with van der Waals surface area (Å²) in [6, 6.07) is 0. The number of hydrogen-bond donors (Lipinski definition) is 4. The Labute approximate surface area is 162 Å². The normalized spacial score (nSPS) is 10.1. The Bertz CT molecular complexity index is 415. The lowest BCUT2D eigenvalue weighted by Crippen LogP contribution is -2.32. The average molecular weight is 385 g/mol. The third kappa shape index (κ3) is 20.0. The third-order valence-electron chi connectivity index (χ3n) is 3.92. The van der Waals surface area contributed by atoms with E-state index in [9.17, 15) is 19.2 Å². The first-order valence-corrected chi connectivity index (χ1v) is 9.94. The maximum Gasteiger partial charge on any atom is 0.229 e. The van der Waals surface area contributed by atoms with E-state index in [-0.39, 0.29) is 30.0 Å². The fourth-order valence-electron chi connectivity index (χ4n) is 2.46. The van der Waals surface area contributed by atoms with Gasteiger partial charge in [-0.2, -0.15) is 0 Å². The molecule has 27 heavy (non-hydrogen) atoms. The van der Waals surface area contributed by atoms with Crippen molar-refractivity contribution in [1.29, 1.82) is 0 Å². The number of nitrogens with one attached hydrogen (secondary N) is 4. The van der Waals surface area contributed by atoms with Gasteiger partial charge in [-0.25, -0.2) is 0 Å². The van der Waals surface area contributed by atoms with E-state index in [1.165, 1.54) is 13.8 Å². The first-order chi connectivity index (χ1) is 12.9. The predicted octanol–water partition coefficient (Wildman–Crippen LogP) is 1.00. The average Bonchev–Trinajstić information content (AvgIpc) is 2.59. The molecular weight excluding hydrogens is 348 g/mol. The zero-order chi connectivity index (χ0) is 20.3. The molecule has 0 aromatic heterocycles. The molecule has 0 aromatic carbocycles. The minimum atomic E-state index is -0.249. The maximum absolute atomic E-state index is 11.7. The summed E-state index contributed by atoms with van der Waals surface area (Å²) in [7, 11) is 0. The minimum Gasteiger partial charge on any atom is -0.356 e. The van der Waals surface area contributed by atoms with Crippen molar-refractivity contribution >= 4 is 23.6 Å². The van der Waals surface area contributed by atoms with Crippen molar-refractivity contribution in [2.45, 2.75) is 71.6 Å². The van der Waals surface area contributed by atoms with Crippen molar-refractivity contribution in [2.24, 2.45) is 0 Å². The fourth-order valence-corrected chi connectivity index (χ4v) is 2.46. The smallest absolute Gasteiger partial charge is 0.229 e. The van der Waals surface area contributed by atoms with Crippen LogP contribution < -0.4 is 21.3 Å². The van der Waals surface area contributed by atoms with Crippen LogP contribution in [-0.2, 0) is 19.2 Å². The van der Waals surface area contributed by atoms with Gasteiger partial charge in [-0.15, -0.1) is 0 Å². The molecule has 0 heterocycles. The van der Waals surface area contributed by atoms with Gasteiger partial charge in [-0.3, -0.25) is 19.2 Å². The van der Waals surface area contributed by atoms with Gasteiger partial charge in [0.2, 0.25) is 23.6 Å². The summed E-state index contributed by atoms with van der Waals surface area (Å²) in [5, 5.41) is 11.0. The Morgan fingerprint density at radius 2 is 0.778 bits per heavy atom. The second-order valence-corrected chi connectivity index (χ2v) is 6.67. The predicted molar refractivity (Wildman–Crippen MR) is 105 cm³/mol. The number of carbonyl (C=O) groups excluding carboxylic acids is 4. The highest BCUT2D eigenvalue weighted by molar-refractivity contribution is 5.96. The number of hydrogen-bond acceptors (Lipinski definition) is 4. The molecule has 4 amide bonds. The number of amides is 4. The fraction of sp³-hybridized carbons (Fsp3) is 0.789. The first-order valence-electron chi connectivity index (χ1n) is 9.94. The number of carbonyl (C=O) groups is 4. The van der Waals surface area contributed by atoms with Crippen LogP contribution in [-0.4, -0.2) is 49.8 Å². The molecule has 156 valence electrons. The Hall–Kier alpha value is -2.12. The van der Waals surface area contributed by atoms with Gasteiger partial charge in [0.25, 0.3) is 0 Å². The molecule has 0 rings (SSSR count). The van der Waals surface area contributed by atoms with Gasteiger partial charge in [0.15, 0.2) is 0 Å². The highest BCUT2D eigenvalue weighted by Gasteiger charge is 2.08. The molecule has 0 saturated heterocycles. The highest BCUT2D eigenvalue weighted by atomic mass is 16.2. The summed E-state index contributed by atoms with van der Waals surface area (Å²) in [5.41, 5.74) is 0. The zero-order valence-corrected chi connectivity index (χ0v) is 16.8. The highest BCUT2D eigenvalue weighted by Crippen LogP contribution is 1.99. The van der Waals surface area contributed by atoms with E-state index >= 15 is 0 Å². The Morgan fingerprint density at radius 3 is 1.07 bits per heavy atom. The van der Waals surface area contributed by atoms with E-state index in [4.69, 9.17) is 0 Å². The molecule has 0 aromatic rings. The van der Waals surface area contributed by atoms with Crippen LogP contribution in [0.2, 0.25) is 0 Å². The maximum atomic E-state index is 11.7. The van der Waals surface area contributed by atoms with Crippen LogP contribution in [0.25, 0.3) is 0 Å². The van der Waals surface area contributed by atoms with Gasteiger partial charge in [0.1, 0.15) is 6.42 Å². The first kappa shape index (κ1) is 24.9. The summed E-state index contributed by atoms with van der Waals surface area (Å²) < 4.78 is 0. The van der Waals surface area contributed by atoms with Gasteiger partial charge < -0.3 is 21.3 Å². The van der Waals surface area contributed by atoms with Crippen molar-refractivity contribution in [3.05, 3.63) is 0 Å². The SMILES string of the molecule is CC(=O)NCCCCCCNC(=O)CC(=O)NCCCCCCNC(C)=O. The molecule has 0 fully saturated rings. The van der Waals surface area contributed by atoms with Crippen molar-refractivity contribution in [3.63, 3.8) is 0 Å². The second-order valence-electron chi connectivity index (χ2n) is 6.67. The van der Waals surface area contributed by atoms with E-state index in [2.05, 4.69) is 21.3 Å². The molecule has 8 nitrogen and oxygen atoms in total. The summed E-state index contributed by atoms with van der Waals surface area (Å²) >= 11 is 0. The Balaban J connectivity index is 3.40. The Morgan fingerprint density at radius 1 is 0.481 bits per heavy atom. The topological polar surface area (TPSA) is 116 Å². The van der Waals surface area contributed by atoms with Gasteiger partial charge in [0.05, 0.1) is 0 Å². The lowest BCUT2D eigenvalue weighted by atomic mass is 10.2. The van der Waals surface area contributed by atoms with Crippen LogP contribution in [0.1, 0.15) is 71.6 Å². The van der Waals surface area contributed by atoms with E-state index in [1.807, 2.05) is 0 Å². The van der Waals surface area contributed by atoms with Crippen LogP contribution in [0, 0.1) is 0 Å². The van der Waals surface area contributed by atoms with Gasteiger partial charge in [-0.05, 0) is 25.7 Å². The van der Waals surface area contributed by atoms with Gasteiger partial charge in [0, 0.05) is 40.0 Å². The van der Waals surface area contributed by atoms with Crippen LogP contribution in [0.15, 0.2) is 0 Å². The van der Waals surface area contributed by atoms with Crippen LogP contribution in [0.5, 0.6) is 0 Å². The van der Waals surface area contributed by atoms with E-state index in [0.717, 1.165) is 51.4 Å². The van der Waals surface area contributed by atoms with Crippen LogP contribution >= 0.6 is 0 Å². The molecule has 0 aliphatic rings. The van der Waals surface area contributed by atoms with Crippen molar-refractivity contribution in [3.8, 4) is 0 Å². The molecule has 0 aliphatic carbocycles. The monoisotopic (exact) mass is 384 g/mol. The quantitative estimate of drug-likeness (QED) is 0.235. The molecule has 8 heteroatoms. The largest absolute Gasteiger partial charge is 0.356 e. The minimum absolute atomic E-state index is 0.0116. The lowest BCUT2D eigenvalue weighted by molar-refractivity contribution is -0.129. The van der Waals surface area contributed by atoms with Crippen molar-refractivity contribution < 1.29 is 19.2 Å². The number of unbranched alkanes of at least 4 members (excludes halogenated alkanes) is 6. The molecule has 0 unspecified atom stereocenters. The van der Waals surface area contributed by atoms with E-state index < -0.39 is 0 Å². The molecule has 0 aliphatic heterocycles. The molecule has 4 N–H and O–H groups in total. The van der Waals surface area contributed by atoms with E-state index in [1.54, 1.807) is 0 Å². The summed E-state index contributed by atoms with van der Waals surface area (Å²) in [6.45, 7) is 5.53. The summed E-state index contributed by atoms with van der Waals surface area (Å²) in [4.78, 5) is 44.7. The third-order valence-corrected chi connectivity index (χ3v) is 3.92. The summed E-state index contributed by atoms with van der Waals surface area (Å²) in [6.07, 6.45) is 7.43. The van der Waals surface area contributed by atoms with Crippen LogP contribution in [0.4, 0.5) is 0 Å².